The van der Waals surface area contributed by atoms with Crippen LogP contribution < -0.4 is 11.3 Å². The number of imidazole rings is 1. The highest BCUT2D eigenvalue weighted by molar-refractivity contribution is 5.86. The Kier molecular flexibility index (Phi) is 3.75. The normalized spacial score (nSPS) is 10.8. The first kappa shape index (κ1) is 15.1. The van der Waals surface area contributed by atoms with Gasteiger partial charge in [0.1, 0.15) is 0 Å². The van der Waals surface area contributed by atoms with Crippen molar-refractivity contribution in [3.63, 3.8) is 0 Å². The van der Waals surface area contributed by atoms with Crippen molar-refractivity contribution in [1.82, 2.24) is 19.5 Å². The van der Waals surface area contributed by atoms with Crippen LogP contribution in [0, 0.1) is 0 Å². The second kappa shape index (κ2) is 5.73. The van der Waals surface area contributed by atoms with E-state index >= 15 is 0 Å². The summed E-state index contributed by atoms with van der Waals surface area (Å²) in [7, 11) is 0. The van der Waals surface area contributed by atoms with Crippen LogP contribution in [0.15, 0.2) is 53.6 Å². The van der Waals surface area contributed by atoms with Crippen LogP contribution in [0.4, 0.5) is 5.95 Å². The molecule has 4 rings (SSSR count). The number of nitrogens with zero attached hydrogens (tertiary/aromatic N) is 3. The topological polar surface area (TPSA) is 89.6 Å². The molecule has 0 atom stereocenters. The van der Waals surface area contributed by atoms with Crippen molar-refractivity contribution in [1.29, 1.82) is 0 Å². The fourth-order valence-electron chi connectivity index (χ4n) is 2.69. The van der Waals surface area contributed by atoms with Crippen molar-refractivity contribution >= 4 is 40.3 Å². The van der Waals surface area contributed by atoms with Gasteiger partial charge in [-0.05, 0) is 16.3 Å². The molecule has 2 heterocycles. The number of hydrogen-bond donors (Lipinski definition) is 2. The van der Waals surface area contributed by atoms with Crippen LogP contribution in [0.2, 0.25) is 0 Å². The Morgan fingerprint density at radius 2 is 1.91 bits per heavy atom. The molecule has 0 aliphatic carbocycles. The van der Waals surface area contributed by atoms with Gasteiger partial charge in [0.05, 0.1) is 12.9 Å². The molecular formula is C16H14ClN5O. The van der Waals surface area contributed by atoms with E-state index in [-0.39, 0.29) is 23.9 Å². The van der Waals surface area contributed by atoms with Gasteiger partial charge in [-0.2, -0.15) is 4.98 Å². The first-order valence-corrected chi connectivity index (χ1v) is 6.90. The summed E-state index contributed by atoms with van der Waals surface area (Å²) in [6.45, 7) is 0.369. The number of fused-ring (bicyclic) bond motifs is 2. The van der Waals surface area contributed by atoms with Crippen LogP contribution in [-0.4, -0.2) is 19.5 Å². The summed E-state index contributed by atoms with van der Waals surface area (Å²) in [6, 6.07) is 14.1. The largest absolute Gasteiger partial charge is 0.369 e. The molecule has 0 unspecified atom stereocenters. The lowest BCUT2D eigenvalue weighted by atomic mass is 10.0. The van der Waals surface area contributed by atoms with Crippen molar-refractivity contribution in [3.05, 3.63) is 64.7 Å². The number of halogens is 1. The molecule has 2 aromatic carbocycles. The molecule has 0 bridgehead atoms. The molecule has 23 heavy (non-hydrogen) atoms. The van der Waals surface area contributed by atoms with Crippen LogP contribution in [0.25, 0.3) is 21.9 Å². The minimum Gasteiger partial charge on any atom is -0.369 e. The molecule has 0 aliphatic heterocycles. The van der Waals surface area contributed by atoms with E-state index in [2.05, 4.69) is 15.0 Å². The van der Waals surface area contributed by atoms with E-state index < -0.39 is 0 Å². The van der Waals surface area contributed by atoms with Gasteiger partial charge in [0.25, 0.3) is 5.56 Å². The minimum atomic E-state index is -0.215. The fraction of sp³-hybridized carbons (Fsp3) is 0.0625. The number of nitrogens with one attached hydrogen (secondary N) is 1. The molecule has 0 saturated carbocycles. The molecule has 4 aromatic rings. The number of aromatic nitrogens is 4. The van der Waals surface area contributed by atoms with Gasteiger partial charge < -0.3 is 10.7 Å². The predicted octanol–water partition coefficient (Wildman–Crippen LogP) is 2.33. The van der Waals surface area contributed by atoms with Gasteiger partial charge in [-0.3, -0.25) is 9.36 Å². The average Bonchev–Trinajstić information content (AvgIpc) is 3.00. The first-order chi connectivity index (χ1) is 10.7. The number of H-pyrrole nitrogens is 1. The summed E-state index contributed by atoms with van der Waals surface area (Å²) in [5.41, 5.74) is 7.46. The highest BCUT2D eigenvalue weighted by atomic mass is 35.5. The first-order valence-electron chi connectivity index (χ1n) is 6.90. The maximum Gasteiger partial charge on any atom is 0.281 e. The maximum atomic E-state index is 12.5. The molecule has 0 saturated heterocycles. The second-order valence-electron chi connectivity index (χ2n) is 5.10. The standard InChI is InChI=1S/C16H13N5O.ClH/c17-16-20-14-13(18-9-19-14)15(22)21(16)8-11-6-3-5-10-4-1-2-7-12(10)11;/h1-7,9H,8H2,(H2,17,20)(H,18,19);1H. The zero-order valence-electron chi connectivity index (χ0n) is 12.1. The third kappa shape index (κ3) is 2.43. The Morgan fingerprint density at radius 3 is 2.78 bits per heavy atom. The molecule has 0 fully saturated rings. The highest BCUT2D eigenvalue weighted by Gasteiger charge is 2.12. The SMILES string of the molecule is Cl.Nc1nc2nc[nH]c2c(=O)n1Cc1cccc2ccccc12. The van der Waals surface area contributed by atoms with E-state index in [1.54, 1.807) is 0 Å². The van der Waals surface area contributed by atoms with Crippen LogP contribution in [0.5, 0.6) is 0 Å². The van der Waals surface area contributed by atoms with Crippen LogP contribution in [0.1, 0.15) is 5.56 Å². The zero-order chi connectivity index (χ0) is 15.1. The lowest BCUT2D eigenvalue weighted by molar-refractivity contribution is 0.766. The lowest BCUT2D eigenvalue weighted by Gasteiger charge is -2.11. The van der Waals surface area contributed by atoms with E-state index in [0.717, 1.165) is 16.3 Å². The van der Waals surface area contributed by atoms with Gasteiger partial charge in [-0.15, -0.1) is 12.4 Å². The van der Waals surface area contributed by atoms with Gasteiger partial charge in [0.15, 0.2) is 11.2 Å². The number of nitrogens with two attached hydrogens (primary N) is 1. The molecule has 0 aliphatic rings. The van der Waals surface area contributed by atoms with Gasteiger partial charge >= 0.3 is 0 Å². The molecular weight excluding hydrogens is 314 g/mol. The number of anilines is 1. The summed E-state index contributed by atoms with van der Waals surface area (Å²) in [5.74, 6) is 0.164. The molecule has 0 amide bonds. The average molecular weight is 328 g/mol. The predicted molar refractivity (Wildman–Crippen MR) is 92.9 cm³/mol. The monoisotopic (exact) mass is 327 g/mol. The summed E-state index contributed by atoms with van der Waals surface area (Å²) >= 11 is 0. The number of rotatable bonds is 2. The summed E-state index contributed by atoms with van der Waals surface area (Å²) < 4.78 is 1.46. The Bertz CT molecular complexity index is 1050. The summed E-state index contributed by atoms with van der Waals surface area (Å²) in [5, 5.41) is 2.23. The minimum absolute atomic E-state index is 0. The van der Waals surface area contributed by atoms with Crippen LogP contribution in [-0.2, 0) is 6.54 Å². The van der Waals surface area contributed by atoms with E-state index in [4.69, 9.17) is 5.73 Å². The van der Waals surface area contributed by atoms with E-state index in [1.807, 2.05) is 42.5 Å². The maximum absolute atomic E-state index is 12.5. The van der Waals surface area contributed by atoms with Crippen LogP contribution in [0.3, 0.4) is 0 Å². The van der Waals surface area contributed by atoms with Crippen molar-refractivity contribution in [2.45, 2.75) is 6.54 Å². The number of aromatic amines is 1. The summed E-state index contributed by atoms with van der Waals surface area (Å²) in [4.78, 5) is 23.5. The molecule has 0 spiro atoms. The highest BCUT2D eigenvalue weighted by Crippen LogP contribution is 2.19. The zero-order valence-corrected chi connectivity index (χ0v) is 12.9. The van der Waals surface area contributed by atoms with Crippen molar-refractivity contribution in [2.75, 3.05) is 5.73 Å². The van der Waals surface area contributed by atoms with E-state index in [0.29, 0.717) is 17.7 Å². The van der Waals surface area contributed by atoms with Crippen molar-refractivity contribution < 1.29 is 0 Å². The number of nitrogen functional groups attached to an aromatic ring is 1. The quantitative estimate of drug-likeness (QED) is 0.591. The van der Waals surface area contributed by atoms with Gasteiger partial charge in [0.2, 0.25) is 5.95 Å². The molecule has 116 valence electrons. The summed E-state index contributed by atoms with van der Waals surface area (Å²) in [6.07, 6.45) is 1.45. The molecule has 2 aromatic heterocycles. The van der Waals surface area contributed by atoms with E-state index in [9.17, 15) is 4.79 Å². The van der Waals surface area contributed by atoms with Crippen LogP contribution >= 0.6 is 12.4 Å². The molecule has 3 N–H and O–H groups in total. The Labute approximate surface area is 137 Å². The second-order valence-corrected chi connectivity index (χ2v) is 5.10. The fourth-order valence-corrected chi connectivity index (χ4v) is 2.69. The number of hydrogen-bond acceptors (Lipinski definition) is 4. The Balaban J connectivity index is 0.00000156. The molecule has 6 nitrogen and oxygen atoms in total. The van der Waals surface area contributed by atoms with E-state index in [1.165, 1.54) is 10.9 Å². The third-order valence-electron chi connectivity index (χ3n) is 3.78. The molecule has 7 heteroatoms. The van der Waals surface area contributed by atoms with Gasteiger partial charge in [-0.1, -0.05) is 42.5 Å². The van der Waals surface area contributed by atoms with Gasteiger partial charge in [0, 0.05) is 0 Å². The number of benzene rings is 2. The molecule has 0 radical (unpaired) electrons. The van der Waals surface area contributed by atoms with Crippen molar-refractivity contribution in [2.24, 2.45) is 0 Å². The van der Waals surface area contributed by atoms with Gasteiger partial charge in [-0.25, -0.2) is 4.98 Å². The Morgan fingerprint density at radius 1 is 1.13 bits per heavy atom. The van der Waals surface area contributed by atoms with Crippen molar-refractivity contribution in [3.8, 4) is 0 Å². The lowest BCUT2D eigenvalue weighted by Crippen LogP contribution is -2.25. The smallest absolute Gasteiger partial charge is 0.281 e. The third-order valence-corrected chi connectivity index (χ3v) is 3.78. The Hall–Kier alpha value is -2.86.